The molecule has 7 nitrogen and oxygen atoms in total. The van der Waals surface area contributed by atoms with Crippen LogP contribution in [0.1, 0.15) is 40.3 Å². The van der Waals surface area contributed by atoms with Crippen LogP contribution in [0.5, 0.6) is 0 Å². The number of aryl methyl sites for hydroxylation is 2. The summed E-state index contributed by atoms with van der Waals surface area (Å²) >= 11 is 0. The summed E-state index contributed by atoms with van der Waals surface area (Å²) in [5, 5.41) is 9.54. The zero-order valence-corrected chi connectivity index (χ0v) is 18.3. The molecule has 33 heavy (non-hydrogen) atoms. The van der Waals surface area contributed by atoms with Crippen LogP contribution in [0.15, 0.2) is 42.6 Å². The molecule has 0 bridgehead atoms. The molecule has 1 aliphatic rings. The molecule has 1 aromatic carbocycles. The molecule has 0 saturated heterocycles. The Hall–Kier alpha value is -3.69. The minimum atomic E-state index is -4.50. The molecule has 4 heterocycles. The average molecular weight is 454 g/mol. The number of carbonyl (C=O) groups is 1. The lowest BCUT2D eigenvalue weighted by molar-refractivity contribution is -0.143. The fourth-order valence-corrected chi connectivity index (χ4v) is 4.56. The summed E-state index contributed by atoms with van der Waals surface area (Å²) in [6.07, 6.45) is -2.32. The van der Waals surface area contributed by atoms with Crippen molar-refractivity contribution in [3.63, 3.8) is 0 Å². The lowest BCUT2D eigenvalue weighted by atomic mass is 9.96. The maximum absolute atomic E-state index is 13.3. The number of amides is 1. The average Bonchev–Trinajstić information content (AvgIpc) is 3.32. The minimum absolute atomic E-state index is 0.122. The first kappa shape index (κ1) is 21.2. The van der Waals surface area contributed by atoms with Crippen molar-refractivity contribution in [2.75, 3.05) is 6.54 Å². The van der Waals surface area contributed by atoms with E-state index in [1.165, 1.54) is 7.05 Å². The van der Waals surface area contributed by atoms with Gasteiger partial charge < -0.3 is 4.90 Å². The van der Waals surface area contributed by atoms with E-state index in [1.54, 1.807) is 28.9 Å². The van der Waals surface area contributed by atoms with Gasteiger partial charge in [0.25, 0.3) is 5.91 Å². The van der Waals surface area contributed by atoms with Gasteiger partial charge in [-0.3, -0.25) is 19.1 Å². The SMILES string of the molecule is CC1c2nn(C)c(-c3cc(C(F)(F)F)n(C)n3)c2CCN1C(=O)c1ccc2ncccc2c1. The quantitative estimate of drug-likeness (QED) is 0.456. The van der Waals surface area contributed by atoms with Gasteiger partial charge in [0.05, 0.1) is 22.9 Å². The van der Waals surface area contributed by atoms with Crippen LogP contribution < -0.4 is 0 Å². The summed E-state index contributed by atoms with van der Waals surface area (Å²) in [5.41, 5.74) is 2.81. The zero-order chi connectivity index (χ0) is 23.5. The van der Waals surface area contributed by atoms with Crippen LogP contribution in [-0.4, -0.2) is 41.9 Å². The third kappa shape index (κ3) is 3.46. The Labute approximate surface area is 187 Å². The van der Waals surface area contributed by atoms with Crippen molar-refractivity contribution < 1.29 is 18.0 Å². The van der Waals surface area contributed by atoms with E-state index in [2.05, 4.69) is 15.2 Å². The third-order valence-electron chi connectivity index (χ3n) is 6.17. The largest absolute Gasteiger partial charge is 0.433 e. The molecule has 1 atom stereocenters. The third-order valence-corrected chi connectivity index (χ3v) is 6.17. The summed E-state index contributed by atoms with van der Waals surface area (Å²) in [6, 6.07) is 9.84. The normalized spacial score (nSPS) is 16.3. The second-order valence-electron chi connectivity index (χ2n) is 8.21. The molecule has 1 unspecified atom stereocenters. The molecule has 3 aromatic heterocycles. The molecule has 170 valence electrons. The number of fused-ring (bicyclic) bond motifs is 2. The number of rotatable bonds is 2. The van der Waals surface area contributed by atoms with Crippen molar-refractivity contribution in [1.29, 1.82) is 0 Å². The van der Waals surface area contributed by atoms with Gasteiger partial charge in [-0.2, -0.15) is 23.4 Å². The monoisotopic (exact) mass is 454 g/mol. The molecule has 0 spiro atoms. The van der Waals surface area contributed by atoms with Crippen molar-refractivity contribution in [2.24, 2.45) is 14.1 Å². The lowest BCUT2D eigenvalue weighted by Crippen LogP contribution is -2.38. The van der Waals surface area contributed by atoms with Crippen molar-refractivity contribution in [2.45, 2.75) is 25.6 Å². The first-order valence-corrected chi connectivity index (χ1v) is 10.5. The molecule has 4 aromatic rings. The first-order chi connectivity index (χ1) is 15.6. The van der Waals surface area contributed by atoms with Crippen molar-refractivity contribution in [1.82, 2.24) is 29.4 Å². The number of hydrogen-bond donors (Lipinski definition) is 0. The van der Waals surface area contributed by atoms with E-state index in [-0.39, 0.29) is 17.6 Å². The van der Waals surface area contributed by atoms with Crippen LogP contribution >= 0.6 is 0 Å². The summed E-state index contributed by atoms with van der Waals surface area (Å²) in [4.78, 5) is 19.3. The Balaban J connectivity index is 1.49. The van der Waals surface area contributed by atoms with E-state index in [0.29, 0.717) is 29.9 Å². The van der Waals surface area contributed by atoms with E-state index in [0.717, 1.165) is 27.2 Å². The van der Waals surface area contributed by atoms with E-state index in [4.69, 9.17) is 0 Å². The zero-order valence-electron chi connectivity index (χ0n) is 18.3. The van der Waals surface area contributed by atoms with Gasteiger partial charge in [-0.25, -0.2) is 0 Å². The van der Waals surface area contributed by atoms with Gasteiger partial charge in [-0.05, 0) is 43.7 Å². The van der Waals surface area contributed by atoms with Gasteiger partial charge >= 0.3 is 6.18 Å². The molecule has 0 aliphatic carbocycles. The topological polar surface area (TPSA) is 68.8 Å². The molecule has 1 aliphatic heterocycles. The first-order valence-electron chi connectivity index (χ1n) is 10.5. The highest BCUT2D eigenvalue weighted by atomic mass is 19.4. The fraction of sp³-hybridized carbons (Fsp3) is 0.304. The lowest BCUT2D eigenvalue weighted by Gasteiger charge is -2.33. The number of alkyl halides is 3. The Morgan fingerprint density at radius 1 is 1.09 bits per heavy atom. The fourth-order valence-electron chi connectivity index (χ4n) is 4.56. The maximum atomic E-state index is 13.3. The second kappa shape index (κ2) is 7.43. The molecule has 0 fully saturated rings. The molecule has 0 saturated carbocycles. The van der Waals surface area contributed by atoms with E-state index >= 15 is 0 Å². The Bertz CT molecular complexity index is 1390. The van der Waals surface area contributed by atoms with E-state index in [1.807, 2.05) is 31.2 Å². The van der Waals surface area contributed by atoms with E-state index in [9.17, 15) is 18.0 Å². The molecule has 0 radical (unpaired) electrons. The highest BCUT2D eigenvalue weighted by Crippen LogP contribution is 2.38. The summed E-state index contributed by atoms with van der Waals surface area (Å²) in [5.74, 6) is -0.122. The highest BCUT2D eigenvalue weighted by molar-refractivity contribution is 5.98. The number of nitrogens with zero attached hydrogens (tertiary/aromatic N) is 6. The number of hydrogen-bond acceptors (Lipinski definition) is 4. The number of pyridine rings is 1. The van der Waals surface area contributed by atoms with Gasteiger partial charge in [-0.15, -0.1) is 0 Å². The van der Waals surface area contributed by atoms with Gasteiger partial charge in [0.1, 0.15) is 11.4 Å². The van der Waals surface area contributed by atoms with Crippen LogP contribution in [0.25, 0.3) is 22.3 Å². The smallest absolute Gasteiger partial charge is 0.330 e. The molecular formula is C23H21F3N6O. The van der Waals surface area contributed by atoms with E-state index < -0.39 is 11.9 Å². The Kier molecular flexibility index (Phi) is 4.77. The van der Waals surface area contributed by atoms with Crippen molar-refractivity contribution in [3.8, 4) is 11.4 Å². The molecular weight excluding hydrogens is 433 g/mol. The molecule has 0 N–H and O–H groups in total. The highest BCUT2D eigenvalue weighted by Gasteiger charge is 2.37. The maximum Gasteiger partial charge on any atom is 0.433 e. The summed E-state index contributed by atoms with van der Waals surface area (Å²) in [7, 11) is 2.96. The number of halogens is 3. The number of aromatic nitrogens is 5. The van der Waals surface area contributed by atoms with Gasteiger partial charge in [0.2, 0.25) is 0 Å². The predicted octanol–water partition coefficient (Wildman–Crippen LogP) is 4.15. The van der Waals surface area contributed by atoms with Crippen LogP contribution in [0.3, 0.4) is 0 Å². The molecule has 5 rings (SSSR count). The summed E-state index contributed by atoms with van der Waals surface area (Å²) < 4.78 is 42.2. The van der Waals surface area contributed by atoms with Crippen LogP contribution in [0.4, 0.5) is 13.2 Å². The second-order valence-corrected chi connectivity index (χ2v) is 8.21. The Morgan fingerprint density at radius 3 is 2.61 bits per heavy atom. The predicted molar refractivity (Wildman–Crippen MR) is 115 cm³/mol. The van der Waals surface area contributed by atoms with Gasteiger partial charge in [0, 0.05) is 43.4 Å². The molecule has 10 heteroatoms. The Morgan fingerprint density at radius 2 is 1.88 bits per heavy atom. The van der Waals surface area contributed by atoms with Crippen LogP contribution in [0.2, 0.25) is 0 Å². The number of benzene rings is 1. The summed E-state index contributed by atoms with van der Waals surface area (Å²) in [6.45, 7) is 2.31. The van der Waals surface area contributed by atoms with Crippen LogP contribution in [0, 0.1) is 0 Å². The van der Waals surface area contributed by atoms with Gasteiger partial charge in [0.15, 0.2) is 0 Å². The van der Waals surface area contributed by atoms with Crippen LogP contribution in [-0.2, 0) is 26.7 Å². The van der Waals surface area contributed by atoms with Crippen molar-refractivity contribution >= 4 is 16.8 Å². The number of carbonyl (C=O) groups excluding carboxylic acids is 1. The molecule has 1 amide bonds. The minimum Gasteiger partial charge on any atom is -0.330 e. The van der Waals surface area contributed by atoms with Gasteiger partial charge in [-0.1, -0.05) is 6.07 Å². The van der Waals surface area contributed by atoms with Crippen molar-refractivity contribution in [3.05, 3.63) is 65.1 Å². The standard InChI is InChI=1S/C23H21F3N6O/c1-13-20-16(21(31(3)29-20)18-12-19(23(24,25)26)30(2)28-18)8-10-32(13)22(33)15-6-7-17-14(11-15)5-4-9-27-17/h4-7,9,11-13H,8,10H2,1-3H3.